The van der Waals surface area contributed by atoms with Crippen LogP contribution in [-0.4, -0.2) is 34.7 Å². The maximum Gasteiger partial charge on any atom is 0.417 e. The molecule has 0 heterocycles. The first-order valence-electron chi connectivity index (χ1n) is 9.06. The van der Waals surface area contributed by atoms with Gasteiger partial charge < -0.3 is 15.9 Å². The quantitative estimate of drug-likeness (QED) is 0.429. The number of benzene rings is 2. The Balaban J connectivity index is 0.00000450. The normalized spacial score (nSPS) is 11.4. The van der Waals surface area contributed by atoms with Crippen molar-refractivity contribution in [2.45, 2.75) is 36.4 Å². The molecule has 30 heavy (non-hydrogen) atoms. The molecule has 2 aromatic rings. The predicted octanol–water partition coefficient (Wildman–Crippen LogP) is 4.19. The summed E-state index contributed by atoms with van der Waals surface area (Å²) in [6, 6.07) is 11.8. The van der Waals surface area contributed by atoms with Crippen molar-refractivity contribution in [1.82, 2.24) is 0 Å². The number of aryl methyl sites for hydroxylation is 2. The molecule has 2 aromatic carbocycles. The number of aliphatic hydroxyl groups excluding tert-OH is 2. The van der Waals surface area contributed by atoms with Crippen molar-refractivity contribution in [2.24, 2.45) is 5.73 Å². The van der Waals surface area contributed by atoms with Gasteiger partial charge in [-0.1, -0.05) is 30.0 Å². The Hall–Kier alpha value is -1.69. The first kappa shape index (κ1) is 26.3. The van der Waals surface area contributed by atoms with Crippen LogP contribution in [-0.2, 0) is 12.6 Å². The summed E-state index contributed by atoms with van der Waals surface area (Å²) < 4.78 is 40.5. The van der Waals surface area contributed by atoms with Crippen molar-refractivity contribution < 1.29 is 23.4 Å². The summed E-state index contributed by atoms with van der Waals surface area (Å²) in [4.78, 5) is 0.114. The molecule has 8 heteroatoms. The summed E-state index contributed by atoms with van der Waals surface area (Å²) >= 11 is 1.04. The number of hydrogen-bond donors (Lipinski definition) is 3. The Bertz CT molecular complexity index is 890. The van der Waals surface area contributed by atoms with Crippen LogP contribution in [0.25, 0.3) is 0 Å². The lowest BCUT2D eigenvalue weighted by Crippen LogP contribution is -2.47. The zero-order valence-electron chi connectivity index (χ0n) is 16.5. The van der Waals surface area contributed by atoms with Crippen LogP contribution in [0.2, 0.25) is 0 Å². The molecule has 4 N–H and O–H groups in total. The van der Waals surface area contributed by atoms with Crippen LogP contribution in [0.4, 0.5) is 13.2 Å². The molecule has 2 rings (SSSR count). The summed E-state index contributed by atoms with van der Waals surface area (Å²) in [6.45, 7) is 1.07. The van der Waals surface area contributed by atoms with Gasteiger partial charge in [-0.3, -0.25) is 0 Å². The molecule has 0 saturated heterocycles. The minimum absolute atomic E-state index is 0. The molecule has 0 atom stereocenters. The van der Waals surface area contributed by atoms with E-state index in [1.165, 1.54) is 6.07 Å². The standard InChI is InChI=1S/C22H24F3NO2S.ClH/c1-16-4-2-5-17(12-16)6-3-11-29-20-8-7-18(13-19(20)22(23,24)25)9-10-21(26,14-27)15-28;/h2,4-5,7-8,12-13,27-28H,9-11,14-15,26H2,1H3;1H. The summed E-state index contributed by atoms with van der Waals surface area (Å²) in [5, 5.41) is 18.5. The fourth-order valence-electron chi connectivity index (χ4n) is 2.66. The van der Waals surface area contributed by atoms with Gasteiger partial charge in [0.15, 0.2) is 0 Å². The number of aliphatic hydroxyl groups is 2. The molecule has 0 aliphatic carbocycles. The second-order valence-electron chi connectivity index (χ2n) is 6.97. The number of rotatable bonds is 7. The Morgan fingerprint density at radius 2 is 1.77 bits per heavy atom. The number of halogens is 4. The minimum Gasteiger partial charge on any atom is -0.394 e. The fraction of sp³-hybridized carbons (Fsp3) is 0.364. The molecule has 0 radical (unpaired) electrons. The Labute approximate surface area is 185 Å². The molecule has 0 spiro atoms. The molecule has 0 fully saturated rings. The van der Waals surface area contributed by atoms with E-state index in [-0.39, 0.29) is 35.9 Å². The molecule has 0 unspecified atom stereocenters. The average Bonchev–Trinajstić information content (AvgIpc) is 2.69. The maximum atomic E-state index is 13.5. The van der Waals surface area contributed by atoms with E-state index in [0.29, 0.717) is 5.56 Å². The van der Waals surface area contributed by atoms with Crippen LogP contribution >= 0.6 is 24.2 Å². The molecular formula is C22H25ClF3NO2S. The van der Waals surface area contributed by atoms with Gasteiger partial charge in [-0.05, 0) is 55.2 Å². The number of alkyl halides is 3. The zero-order chi connectivity index (χ0) is 21.5. The van der Waals surface area contributed by atoms with E-state index in [1.807, 2.05) is 31.2 Å². The van der Waals surface area contributed by atoms with Crippen molar-refractivity contribution in [2.75, 3.05) is 19.0 Å². The molecule has 3 nitrogen and oxygen atoms in total. The molecule has 0 bridgehead atoms. The van der Waals surface area contributed by atoms with Gasteiger partial charge in [0.05, 0.1) is 30.1 Å². The van der Waals surface area contributed by atoms with Crippen molar-refractivity contribution in [3.63, 3.8) is 0 Å². The molecule has 0 amide bonds. The minimum atomic E-state index is -4.49. The van der Waals surface area contributed by atoms with Crippen molar-refractivity contribution in [1.29, 1.82) is 0 Å². The third-order valence-corrected chi connectivity index (χ3v) is 5.40. The van der Waals surface area contributed by atoms with E-state index >= 15 is 0 Å². The van der Waals surface area contributed by atoms with E-state index < -0.39 is 30.5 Å². The van der Waals surface area contributed by atoms with Gasteiger partial charge in [0, 0.05) is 10.5 Å². The lowest BCUT2D eigenvalue weighted by molar-refractivity contribution is -0.139. The predicted molar refractivity (Wildman–Crippen MR) is 117 cm³/mol. The van der Waals surface area contributed by atoms with Crippen molar-refractivity contribution in [3.05, 3.63) is 64.7 Å². The largest absolute Gasteiger partial charge is 0.417 e. The van der Waals surface area contributed by atoms with Gasteiger partial charge in [-0.25, -0.2) is 0 Å². The second kappa shape index (κ2) is 11.6. The van der Waals surface area contributed by atoms with E-state index in [0.717, 1.165) is 29.0 Å². The van der Waals surface area contributed by atoms with Gasteiger partial charge in [0.25, 0.3) is 0 Å². The monoisotopic (exact) mass is 459 g/mol. The van der Waals surface area contributed by atoms with Gasteiger partial charge in [-0.15, -0.1) is 24.2 Å². The summed E-state index contributed by atoms with van der Waals surface area (Å²) in [5.41, 5.74) is 6.22. The molecule has 0 aliphatic rings. The van der Waals surface area contributed by atoms with Crippen LogP contribution in [0, 0.1) is 18.8 Å². The van der Waals surface area contributed by atoms with Gasteiger partial charge in [0.1, 0.15) is 0 Å². The maximum absolute atomic E-state index is 13.5. The van der Waals surface area contributed by atoms with E-state index in [9.17, 15) is 23.4 Å². The summed E-state index contributed by atoms with van der Waals surface area (Å²) in [5.74, 6) is 6.10. The third-order valence-electron chi connectivity index (χ3n) is 4.44. The molecule has 0 saturated carbocycles. The highest BCUT2D eigenvalue weighted by Crippen LogP contribution is 2.37. The Morgan fingerprint density at radius 1 is 1.07 bits per heavy atom. The highest BCUT2D eigenvalue weighted by atomic mass is 35.5. The van der Waals surface area contributed by atoms with Gasteiger partial charge in [-0.2, -0.15) is 13.2 Å². The molecule has 164 valence electrons. The lowest BCUT2D eigenvalue weighted by Gasteiger charge is -2.24. The topological polar surface area (TPSA) is 66.5 Å². The van der Waals surface area contributed by atoms with Crippen molar-refractivity contribution >= 4 is 24.2 Å². The smallest absolute Gasteiger partial charge is 0.394 e. The van der Waals surface area contributed by atoms with Gasteiger partial charge >= 0.3 is 6.18 Å². The fourth-order valence-corrected chi connectivity index (χ4v) is 3.45. The molecule has 0 aromatic heterocycles. The number of hydrogen-bond acceptors (Lipinski definition) is 4. The highest BCUT2D eigenvalue weighted by molar-refractivity contribution is 7.99. The highest BCUT2D eigenvalue weighted by Gasteiger charge is 2.34. The Kier molecular flexibility index (Phi) is 10.2. The average molecular weight is 460 g/mol. The van der Waals surface area contributed by atoms with Crippen LogP contribution in [0.15, 0.2) is 47.4 Å². The molecular weight excluding hydrogens is 435 g/mol. The van der Waals surface area contributed by atoms with Crippen LogP contribution in [0.1, 0.15) is 28.7 Å². The first-order chi connectivity index (χ1) is 13.7. The Morgan fingerprint density at radius 3 is 2.37 bits per heavy atom. The van der Waals surface area contributed by atoms with Crippen LogP contribution in [0.3, 0.4) is 0 Å². The van der Waals surface area contributed by atoms with Crippen LogP contribution < -0.4 is 5.73 Å². The number of thioether (sulfide) groups is 1. The van der Waals surface area contributed by atoms with Gasteiger partial charge in [0.2, 0.25) is 0 Å². The number of nitrogens with two attached hydrogens (primary N) is 1. The van der Waals surface area contributed by atoms with E-state index in [2.05, 4.69) is 11.8 Å². The first-order valence-corrected chi connectivity index (χ1v) is 10.0. The SMILES string of the molecule is Cc1cccc(C#CCSc2ccc(CCC(N)(CO)CO)cc2C(F)(F)F)c1.Cl. The summed E-state index contributed by atoms with van der Waals surface area (Å²) in [6.07, 6.45) is -4.10. The van der Waals surface area contributed by atoms with E-state index in [4.69, 9.17) is 5.73 Å². The van der Waals surface area contributed by atoms with Crippen molar-refractivity contribution in [3.8, 4) is 11.8 Å². The lowest BCUT2D eigenvalue weighted by atomic mass is 9.93. The third kappa shape index (κ3) is 7.86. The molecule has 0 aliphatic heterocycles. The zero-order valence-corrected chi connectivity index (χ0v) is 18.1. The van der Waals surface area contributed by atoms with E-state index in [1.54, 1.807) is 6.07 Å². The summed E-state index contributed by atoms with van der Waals surface area (Å²) in [7, 11) is 0. The second-order valence-corrected chi connectivity index (χ2v) is 7.98. The van der Waals surface area contributed by atoms with Crippen LogP contribution in [0.5, 0.6) is 0 Å².